The number of hydrogen-bond acceptors (Lipinski definition) is 4. The molecule has 0 amide bonds. The maximum atomic E-state index is 5.40. The van der Waals surface area contributed by atoms with Crippen LogP contribution in [0.3, 0.4) is 0 Å². The Labute approximate surface area is 147 Å². The maximum absolute atomic E-state index is 5.40. The van der Waals surface area contributed by atoms with E-state index in [9.17, 15) is 0 Å². The summed E-state index contributed by atoms with van der Waals surface area (Å²) in [7, 11) is 1.80. The molecule has 0 unspecified atom stereocenters. The Bertz CT molecular complexity index is 634. The van der Waals surface area contributed by atoms with Crippen LogP contribution < -0.4 is 15.5 Å². The molecule has 2 N–H and O–H groups in total. The zero-order valence-corrected chi connectivity index (χ0v) is 14.8. The summed E-state index contributed by atoms with van der Waals surface area (Å²) in [5, 5.41) is 8.78. The number of nitrogens with zero attached hydrogens (tertiary/aromatic N) is 2. The average Bonchev–Trinajstić information content (AvgIpc) is 3.17. The topological polar surface area (TPSA) is 48.9 Å². The number of thiophene rings is 1. The first kappa shape index (κ1) is 16.8. The molecule has 2 aromatic rings. The molecule has 128 valence electrons. The summed E-state index contributed by atoms with van der Waals surface area (Å²) in [6, 6.07) is 12.9. The molecule has 1 fully saturated rings. The zero-order valence-electron chi connectivity index (χ0n) is 14.0. The summed E-state index contributed by atoms with van der Waals surface area (Å²) in [6.45, 7) is 5.12. The predicted molar refractivity (Wildman–Crippen MR) is 101 cm³/mol. The minimum atomic E-state index is 0.757. The fourth-order valence-electron chi connectivity index (χ4n) is 2.64. The monoisotopic (exact) mass is 344 g/mol. The highest BCUT2D eigenvalue weighted by Gasteiger charge is 2.10. The van der Waals surface area contributed by atoms with E-state index in [-0.39, 0.29) is 0 Å². The Hall–Kier alpha value is -2.05. The molecule has 0 aliphatic carbocycles. The van der Waals surface area contributed by atoms with Crippen LogP contribution in [0.15, 0.2) is 46.8 Å². The molecular weight excluding hydrogens is 320 g/mol. The van der Waals surface area contributed by atoms with Gasteiger partial charge in [-0.3, -0.25) is 4.99 Å². The molecule has 24 heavy (non-hydrogen) atoms. The first-order valence-electron chi connectivity index (χ1n) is 8.23. The Morgan fingerprint density at radius 1 is 1.12 bits per heavy atom. The fourth-order valence-corrected chi connectivity index (χ4v) is 3.28. The number of benzene rings is 1. The lowest BCUT2D eigenvalue weighted by Gasteiger charge is -2.28. The molecule has 1 aliphatic heterocycles. The number of guanidine groups is 1. The van der Waals surface area contributed by atoms with Crippen LogP contribution in [0.25, 0.3) is 0 Å². The zero-order chi connectivity index (χ0) is 16.6. The highest BCUT2D eigenvalue weighted by atomic mass is 32.1. The number of ether oxygens (including phenoxy) is 1. The molecule has 0 atom stereocenters. The molecule has 1 aromatic heterocycles. The summed E-state index contributed by atoms with van der Waals surface area (Å²) in [5.41, 5.74) is 2.51. The van der Waals surface area contributed by atoms with Crippen molar-refractivity contribution in [1.82, 2.24) is 10.6 Å². The fraction of sp³-hybridized carbons (Fsp3) is 0.389. The van der Waals surface area contributed by atoms with Crippen molar-refractivity contribution in [2.24, 2.45) is 4.99 Å². The van der Waals surface area contributed by atoms with E-state index in [1.165, 1.54) is 16.1 Å². The summed E-state index contributed by atoms with van der Waals surface area (Å²) < 4.78 is 5.40. The van der Waals surface area contributed by atoms with E-state index in [0.29, 0.717) is 0 Å². The van der Waals surface area contributed by atoms with Gasteiger partial charge in [-0.1, -0.05) is 18.2 Å². The van der Waals surface area contributed by atoms with E-state index in [1.54, 1.807) is 18.4 Å². The first-order valence-corrected chi connectivity index (χ1v) is 9.11. The second-order valence-corrected chi connectivity index (χ2v) is 6.66. The Balaban J connectivity index is 1.48. The van der Waals surface area contributed by atoms with Gasteiger partial charge in [-0.05, 0) is 29.1 Å². The molecule has 0 spiro atoms. The van der Waals surface area contributed by atoms with Crippen molar-refractivity contribution < 1.29 is 4.74 Å². The molecule has 3 rings (SSSR count). The van der Waals surface area contributed by atoms with Crippen LogP contribution in [0.2, 0.25) is 0 Å². The third-order valence-corrected chi connectivity index (χ3v) is 4.88. The highest BCUT2D eigenvalue weighted by Crippen LogP contribution is 2.16. The van der Waals surface area contributed by atoms with E-state index in [1.807, 2.05) is 0 Å². The van der Waals surface area contributed by atoms with Gasteiger partial charge in [-0.15, -0.1) is 11.3 Å². The molecule has 2 heterocycles. The molecule has 1 aromatic carbocycles. The average molecular weight is 344 g/mol. The molecular formula is C18H24N4OS. The van der Waals surface area contributed by atoms with Gasteiger partial charge in [0.2, 0.25) is 0 Å². The Morgan fingerprint density at radius 2 is 1.88 bits per heavy atom. The summed E-state index contributed by atoms with van der Waals surface area (Å²) >= 11 is 1.75. The van der Waals surface area contributed by atoms with Crippen LogP contribution in [-0.2, 0) is 17.8 Å². The van der Waals surface area contributed by atoms with Crippen LogP contribution in [-0.4, -0.2) is 39.3 Å². The maximum Gasteiger partial charge on any atom is 0.191 e. The van der Waals surface area contributed by atoms with Gasteiger partial charge in [0.15, 0.2) is 5.96 Å². The number of hydrogen-bond donors (Lipinski definition) is 2. The van der Waals surface area contributed by atoms with Crippen molar-refractivity contribution >= 4 is 23.0 Å². The van der Waals surface area contributed by atoms with E-state index in [2.05, 4.69) is 62.3 Å². The molecule has 0 bridgehead atoms. The van der Waals surface area contributed by atoms with Gasteiger partial charge in [-0.2, -0.15) is 0 Å². The Kier molecular flexibility index (Phi) is 6.09. The van der Waals surface area contributed by atoms with Gasteiger partial charge in [0.05, 0.1) is 19.8 Å². The SMILES string of the molecule is CN=C(NCc1ccc(N2CCOCC2)cc1)NCc1cccs1. The minimum Gasteiger partial charge on any atom is -0.378 e. The van der Waals surface area contributed by atoms with E-state index < -0.39 is 0 Å². The van der Waals surface area contributed by atoms with Crippen LogP contribution in [0.5, 0.6) is 0 Å². The standard InChI is InChI=1S/C18H24N4OS/c1-19-18(21-14-17-3-2-12-24-17)20-13-15-4-6-16(7-5-15)22-8-10-23-11-9-22/h2-7,12H,8-11,13-14H2,1H3,(H2,19,20,21). The predicted octanol–water partition coefficient (Wildman–Crippen LogP) is 2.45. The van der Waals surface area contributed by atoms with E-state index in [0.717, 1.165) is 45.4 Å². The van der Waals surface area contributed by atoms with Crippen molar-refractivity contribution in [3.63, 3.8) is 0 Å². The lowest BCUT2D eigenvalue weighted by Crippen LogP contribution is -2.36. The van der Waals surface area contributed by atoms with Crippen LogP contribution in [0.1, 0.15) is 10.4 Å². The second-order valence-electron chi connectivity index (χ2n) is 5.62. The summed E-state index contributed by atoms with van der Waals surface area (Å²) in [4.78, 5) is 7.93. The van der Waals surface area contributed by atoms with Gasteiger partial charge in [0.25, 0.3) is 0 Å². The third kappa shape index (κ3) is 4.72. The van der Waals surface area contributed by atoms with Crippen molar-refractivity contribution in [1.29, 1.82) is 0 Å². The van der Waals surface area contributed by atoms with Gasteiger partial charge in [0, 0.05) is 37.2 Å². The van der Waals surface area contributed by atoms with Crippen LogP contribution in [0, 0.1) is 0 Å². The quantitative estimate of drug-likeness (QED) is 0.646. The smallest absolute Gasteiger partial charge is 0.191 e. The lowest BCUT2D eigenvalue weighted by molar-refractivity contribution is 0.122. The second kappa shape index (κ2) is 8.70. The van der Waals surface area contributed by atoms with Crippen molar-refractivity contribution in [3.05, 3.63) is 52.2 Å². The molecule has 0 saturated carbocycles. The van der Waals surface area contributed by atoms with Crippen LogP contribution in [0.4, 0.5) is 5.69 Å². The number of anilines is 1. The molecule has 6 heteroatoms. The number of nitrogens with one attached hydrogen (secondary N) is 2. The molecule has 0 radical (unpaired) electrons. The lowest BCUT2D eigenvalue weighted by atomic mass is 10.2. The van der Waals surface area contributed by atoms with Crippen LogP contribution >= 0.6 is 11.3 Å². The van der Waals surface area contributed by atoms with Gasteiger partial charge < -0.3 is 20.3 Å². The highest BCUT2D eigenvalue weighted by molar-refractivity contribution is 7.09. The summed E-state index contributed by atoms with van der Waals surface area (Å²) in [5.74, 6) is 0.820. The van der Waals surface area contributed by atoms with Gasteiger partial charge in [-0.25, -0.2) is 0 Å². The normalized spacial score (nSPS) is 15.4. The van der Waals surface area contributed by atoms with Crippen molar-refractivity contribution in [2.75, 3.05) is 38.3 Å². The number of morpholine rings is 1. The molecule has 1 aliphatic rings. The molecule has 5 nitrogen and oxygen atoms in total. The van der Waals surface area contributed by atoms with Crippen molar-refractivity contribution in [2.45, 2.75) is 13.1 Å². The molecule has 1 saturated heterocycles. The number of aliphatic imine (C=N–C) groups is 1. The Morgan fingerprint density at radius 3 is 2.54 bits per heavy atom. The minimum absolute atomic E-state index is 0.757. The number of rotatable bonds is 5. The first-order chi connectivity index (χ1) is 11.8. The van der Waals surface area contributed by atoms with E-state index in [4.69, 9.17) is 4.74 Å². The van der Waals surface area contributed by atoms with Crippen molar-refractivity contribution in [3.8, 4) is 0 Å². The van der Waals surface area contributed by atoms with Gasteiger partial charge >= 0.3 is 0 Å². The largest absolute Gasteiger partial charge is 0.378 e. The summed E-state index contributed by atoms with van der Waals surface area (Å²) in [6.07, 6.45) is 0. The third-order valence-electron chi connectivity index (χ3n) is 4.01. The van der Waals surface area contributed by atoms with Gasteiger partial charge in [0.1, 0.15) is 0 Å². The van der Waals surface area contributed by atoms with E-state index >= 15 is 0 Å².